The van der Waals surface area contributed by atoms with Crippen molar-refractivity contribution in [2.45, 2.75) is 38.8 Å². The predicted molar refractivity (Wildman–Crippen MR) is 139 cm³/mol. The molecule has 0 aliphatic rings. The van der Waals surface area contributed by atoms with E-state index in [4.69, 9.17) is 26.7 Å². The molecule has 0 unspecified atom stereocenters. The minimum atomic E-state index is -0.144. The Hall–Kier alpha value is -3.43. The highest BCUT2D eigenvalue weighted by atomic mass is 35.5. The number of benzene rings is 2. The Morgan fingerprint density at radius 3 is 2.74 bits per heavy atom. The van der Waals surface area contributed by atoms with Crippen LogP contribution in [0.3, 0.4) is 0 Å². The number of hydrogen-bond acceptors (Lipinski definition) is 6. The molecule has 10 heteroatoms. The molecule has 35 heavy (non-hydrogen) atoms. The molecule has 0 aliphatic heterocycles. The number of nitrogens with zero attached hydrogens (tertiary/aromatic N) is 5. The van der Waals surface area contributed by atoms with Crippen molar-refractivity contribution in [2.75, 3.05) is 11.1 Å². The van der Waals surface area contributed by atoms with Crippen LogP contribution < -0.4 is 5.32 Å². The fraction of sp³-hybridized carbons (Fsp3) is 0.240. The number of rotatable bonds is 7. The summed E-state index contributed by atoms with van der Waals surface area (Å²) in [6, 6.07) is 13.3. The second kappa shape index (κ2) is 9.67. The van der Waals surface area contributed by atoms with Gasteiger partial charge in [0.1, 0.15) is 0 Å². The molecule has 0 spiro atoms. The normalized spacial score (nSPS) is 11.4. The van der Waals surface area contributed by atoms with Gasteiger partial charge in [-0.3, -0.25) is 9.89 Å². The first-order chi connectivity index (χ1) is 16.9. The van der Waals surface area contributed by atoms with Crippen molar-refractivity contribution in [1.29, 1.82) is 0 Å². The molecule has 0 bridgehead atoms. The van der Waals surface area contributed by atoms with E-state index in [-0.39, 0.29) is 11.7 Å². The van der Waals surface area contributed by atoms with Crippen molar-refractivity contribution in [1.82, 2.24) is 29.8 Å². The number of H-pyrrole nitrogens is 1. The number of anilines is 1. The van der Waals surface area contributed by atoms with E-state index in [1.807, 2.05) is 51.1 Å². The SMILES string of the molecule is Cc1ccc(Cl)cc1NC(=O)CSc1nc2ccccc2c2nc(CCc3c(C)n[nH]c3C)nn12. The van der Waals surface area contributed by atoms with Crippen LogP contribution in [-0.2, 0) is 17.6 Å². The first kappa shape index (κ1) is 23.3. The zero-order valence-electron chi connectivity index (χ0n) is 19.6. The monoisotopic (exact) mass is 505 g/mol. The van der Waals surface area contributed by atoms with E-state index in [0.717, 1.165) is 45.7 Å². The van der Waals surface area contributed by atoms with E-state index >= 15 is 0 Å². The molecule has 0 saturated heterocycles. The molecule has 0 radical (unpaired) electrons. The standard InChI is InChI=1S/C25H24ClN7OS/c1-14-8-9-17(26)12-21(14)27-23(34)13-35-25-28-20-7-5-4-6-19(20)24-29-22(32-33(24)25)11-10-18-15(2)30-31-16(18)3/h4-9,12H,10-11,13H2,1-3H3,(H,27,34)(H,30,31). The molecule has 0 fully saturated rings. The van der Waals surface area contributed by atoms with Gasteiger partial charge in [-0.15, -0.1) is 5.10 Å². The van der Waals surface area contributed by atoms with Crippen LogP contribution >= 0.6 is 23.4 Å². The third-order valence-electron chi connectivity index (χ3n) is 5.88. The van der Waals surface area contributed by atoms with Crippen LogP contribution in [0.1, 0.15) is 28.3 Å². The average Bonchev–Trinajstić information content (AvgIpc) is 3.41. The number of fused-ring (bicyclic) bond motifs is 3. The Bertz CT molecular complexity index is 1540. The van der Waals surface area contributed by atoms with E-state index < -0.39 is 0 Å². The molecule has 3 heterocycles. The third-order valence-corrected chi connectivity index (χ3v) is 7.04. The van der Waals surface area contributed by atoms with Gasteiger partial charge >= 0.3 is 0 Å². The Morgan fingerprint density at radius 2 is 1.94 bits per heavy atom. The lowest BCUT2D eigenvalue weighted by Gasteiger charge is -2.09. The largest absolute Gasteiger partial charge is 0.325 e. The quantitative estimate of drug-likeness (QED) is 0.236. The van der Waals surface area contributed by atoms with Crippen LogP contribution in [0.4, 0.5) is 5.69 Å². The molecule has 3 aromatic heterocycles. The lowest BCUT2D eigenvalue weighted by atomic mass is 10.1. The topological polar surface area (TPSA) is 101 Å². The second-order valence-corrected chi connectivity index (χ2v) is 9.76. The molecule has 0 saturated carbocycles. The molecule has 0 atom stereocenters. The maximum Gasteiger partial charge on any atom is 0.234 e. The molecule has 0 aliphatic carbocycles. The average molecular weight is 506 g/mol. The first-order valence-corrected chi connectivity index (χ1v) is 12.6. The van der Waals surface area contributed by atoms with Crippen molar-refractivity contribution in [3.63, 3.8) is 0 Å². The van der Waals surface area contributed by atoms with E-state index in [9.17, 15) is 4.79 Å². The van der Waals surface area contributed by atoms with Gasteiger partial charge in [-0.2, -0.15) is 9.61 Å². The Labute approximate surface area is 211 Å². The van der Waals surface area contributed by atoms with Gasteiger partial charge in [0.15, 0.2) is 16.6 Å². The van der Waals surface area contributed by atoms with Crippen LogP contribution in [0.15, 0.2) is 47.6 Å². The number of thioether (sulfide) groups is 1. The highest BCUT2D eigenvalue weighted by Gasteiger charge is 2.16. The molecule has 2 aromatic carbocycles. The fourth-order valence-electron chi connectivity index (χ4n) is 4.00. The number of hydrogen-bond donors (Lipinski definition) is 2. The molecular weight excluding hydrogens is 482 g/mol. The number of nitrogens with one attached hydrogen (secondary N) is 2. The lowest BCUT2D eigenvalue weighted by Crippen LogP contribution is -2.15. The summed E-state index contributed by atoms with van der Waals surface area (Å²) in [6.07, 6.45) is 1.47. The van der Waals surface area contributed by atoms with Crippen molar-refractivity contribution in [2.24, 2.45) is 0 Å². The van der Waals surface area contributed by atoms with Crippen LogP contribution in [0.2, 0.25) is 5.02 Å². The minimum absolute atomic E-state index is 0.144. The summed E-state index contributed by atoms with van der Waals surface area (Å²) in [4.78, 5) is 22.3. The molecule has 2 N–H and O–H groups in total. The predicted octanol–water partition coefficient (Wildman–Crippen LogP) is 5.10. The van der Waals surface area contributed by atoms with E-state index in [0.29, 0.717) is 22.3 Å². The molecule has 178 valence electrons. The minimum Gasteiger partial charge on any atom is -0.325 e. The van der Waals surface area contributed by atoms with Gasteiger partial charge in [-0.05, 0) is 62.6 Å². The van der Waals surface area contributed by atoms with Crippen LogP contribution in [0.5, 0.6) is 0 Å². The summed E-state index contributed by atoms with van der Waals surface area (Å²) >= 11 is 7.41. The molecule has 5 rings (SSSR count). The maximum atomic E-state index is 12.7. The number of aromatic amines is 1. The van der Waals surface area contributed by atoms with Gasteiger partial charge in [-0.25, -0.2) is 9.97 Å². The summed E-state index contributed by atoms with van der Waals surface area (Å²) in [5.74, 6) is 0.758. The first-order valence-electron chi connectivity index (χ1n) is 11.2. The summed E-state index contributed by atoms with van der Waals surface area (Å²) in [7, 11) is 0. The van der Waals surface area contributed by atoms with Crippen LogP contribution in [-0.4, -0.2) is 41.4 Å². The summed E-state index contributed by atoms with van der Waals surface area (Å²) < 4.78 is 1.75. The third kappa shape index (κ3) is 4.87. The fourth-order valence-corrected chi connectivity index (χ4v) is 4.91. The molecule has 8 nitrogen and oxygen atoms in total. The number of halogens is 1. The number of carbonyl (C=O) groups is 1. The number of aromatic nitrogens is 6. The zero-order valence-corrected chi connectivity index (χ0v) is 21.2. The van der Waals surface area contributed by atoms with Gasteiger partial charge in [-0.1, -0.05) is 41.6 Å². The number of aryl methyl sites for hydroxylation is 4. The highest BCUT2D eigenvalue weighted by molar-refractivity contribution is 7.99. The van der Waals surface area contributed by atoms with Gasteiger partial charge in [0.05, 0.1) is 17.0 Å². The smallest absolute Gasteiger partial charge is 0.234 e. The lowest BCUT2D eigenvalue weighted by molar-refractivity contribution is -0.113. The Morgan fingerprint density at radius 1 is 1.11 bits per heavy atom. The van der Waals surface area contributed by atoms with Crippen molar-refractivity contribution in [3.05, 3.63) is 75.8 Å². The van der Waals surface area contributed by atoms with Crippen molar-refractivity contribution >= 4 is 51.5 Å². The highest BCUT2D eigenvalue weighted by Crippen LogP contribution is 2.25. The molecule has 5 aromatic rings. The van der Waals surface area contributed by atoms with E-state index in [1.54, 1.807) is 16.6 Å². The van der Waals surface area contributed by atoms with E-state index in [2.05, 4.69) is 15.5 Å². The van der Waals surface area contributed by atoms with Gasteiger partial charge in [0.2, 0.25) is 5.91 Å². The maximum absolute atomic E-state index is 12.7. The van der Waals surface area contributed by atoms with Crippen molar-refractivity contribution in [3.8, 4) is 0 Å². The van der Waals surface area contributed by atoms with Crippen molar-refractivity contribution < 1.29 is 4.79 Å². The Balaban J connectivity index is 1.40. The summed E-state index contributed by atoms with van der Waals surface area (Å²) in [5, 5.41) is 17.1. The van der Waals surface area contributed by atoms with Crippen LogP contribution in [0, 0.1) is 20.8 Å². The molecule has 1 amide bonds. The molecular formula is C25H24ClN7OS. The Kier molecular flexibility index (Phi) is 6.44. The summed E-state index contributed by atoms with van der Waals surface area (Å²) in [5.41, 5.74) is 6.45. The van der Waals surface area contributed by atoms with Gasteiger partial charge < -0.3 is 5.32 Å². The zero-order chi connectivity index (χ0) is 24.5. The second-order valence-electron chi connectivity index (χ2n) is 8.38. The number of para-hydroxylation sites is 1. The van der Waals surface area contributed by atoms with Crippen LogP contribution in [0.25, 0.3) is 16.6 Å². The summed E-state index contributed by atoms with van der Waals surface area (Å²) in [6.45, 7) is 5.95. The van der Waals surface area contributed by atoms with Gasteiger partial charge in [0, 0.05) is 28.2 Å². The van der Waals surface area contributed by atoms with Gasteiger partial charge in [0.25, 0.3) is 0 Å². The number of amides is 1. The number of carbonyl (C=O) groups excluding carboxylic acids is 1. The van der Waals surface area contributed by atoms with E-state index in [1.165, 1.54) is 17.3 Å².